The Morgan fingerprint density at radius 1 is 1.31 bits per heavy atom. The van der Waals surface area contributed by atoms with Crippen molar-refractivity contribution in [3.8, 4) is 0 Å². The molecule has 0 saturated heterocycles. The number of hydrazine groups is 1. The van der Waals surface area contributed by atoms with Gasteiger partial charge in [0.1, 0.15) is 0 Å². The fraction of sp³-hybridized carbons (Fsp3) is 0.250. The largest absolute Gasteiger partial charge is 0.271 e. The van der Waals surface area contributed by atoms with Crippen molar-refractivity contribution in [1.82, 2.24) is 10.4 Å². The van der Waals surface area contributed by atoms with Crippen LogP contribution in [0.15, 0.2) is 29.6 Å². The lowest BCUT2D eigenvalue weighted by molar-refractivity contribution is 0.644. The first-order valence-electron chi connectivity index (χ1n) is 5.15. The van der Waals surface area contributed by atoms with E-state index in [-0.39, 0.29) is 6.04 Å². The Morgan fingerprint density at radius 3 is 2.50 bits per heavy atom. The Bertz CT molecular complexity index is 445. The lowest BCUT2D eigenvalue weighted by atomic mass is 10.1. The Hall–Kier alpha value is -1.23. The highest BCUT2D eigenvalue weighted by atomic mass is 32.1. The molecule has 0 aliphatic heterocycles. The predicted molar refractivity (Wildman–Crippen MR) is 67.2 cm³/mol. The van der Waals surface area contributed by atoms with Crippen LogP contribution >= 0.6 is 11.3 Å². The van der Waals surface area contributed by atoms with E-state index in [1.807, 2.05) is 19.9 Å². The fourth-order valence-corrected chi connectivity index (χ4v) is 2.64. The number of aromatic nitrogens is 1. The van der Waals surface area contributed by atoms with Gasteiger partial charge < -0.3 is 0 Å². The van der Waals surface area contributed by atoms with E-state index in [2.05, 4.69) is 34.0 Å². The first-order valence-corrected chi connectivity index (χ1v) is 6.03. The molecule has 4 heteroatoms. The van der Waals surface area contributed by atoms with Crippen molar-refractivity contribution in [3.05, 3.63) is 51.5 Å². The van der Waals surface area contributed by atoms with E-state index in [1.54, 1.807) is 11.3 Å². The zero-order chi connectivity index (χ0) is 11.5. The highest BCUT2D eigenvalue weighted by Gasteiger charge is 2.14. The SMILES string of the molecule is Cc1cc(C(NN)c2cccs2)cc(C)n1. The van der Waals surface area contributed by atoms with E-state index < -0.39 is 0 Å². The van der Waals surface area contributed by atoms with Crippen molar-refractivity contribution in [2.45, 2.75) is 19.9 Å². The highest BCUT2D eigenvalue weighted by Crippen LogP contribution is 2.25. The molecule has 1 unspecified atom stereocenters. The third-order valence-corrected chi connectivity index (χ3v) is 3.37. The number of nitrogens with one attached hydrogen (secondary N) is 1. The highest BCUT2D eigenvalue weighted by molar-refractivity contribution is 7.10. The maximum atomic E-state index is 5.63. The second-order valence-electron chi connectivity index (χ2n) is 3.80. The lowest BCUT2D eigenvalue weighted by Gasteiger charge is -2.15. The topological polar surface area (TPSA) is 50.9 Å². The fourth-order valence-electron chi connectivity index (χ4n) is 1.83. The molecule has 0 aliphatic rings. The van der Waals surface area contributed by atoms with Crippen molar-refractivity contribution >= 4 is 11.3 Å². The maximum Gasteiger partial charge on any atom is 0.0803 e. The van der Waals surface area contributed by atoms with Gasteiger partial charge in [0.15, 0.2) is 0 Å². The van der Waals surface area contributed by atoms with Crippen LogP contribution in [0.4, 0.5) is 0 Å². The van der Waals surface area contributed by atoms with E-state index in [9.17, 15) is 0 Å². The van der Waals surface area contributed by atoms with Crippen LogP contribution in [0.2, 0.25) is 0 Å². The summed E-state index contributed by atoms with van der Waals surface area (Å²) in [4.78, 5) is 5.58. The van der Waals surface area contributed by atoms with Crippen molar-refractivity contribution in [2.75, 3.05) is 0 Å². The molecule has 3 nitrogen and oxygen atoms in total. The summed E-state index contributed by atoms with van der Waals surface area (Å²) in [6.45, 7) is 4.00. The summed E-state index contributed by atoms with van der Waals surface area (Å²) in [5.41, 5.74) is 6.06. The van der Waals surface area contributed by atoms with Gasteiger partial charge in [0.05, 0.1) is 6.04 Å². The summed E-state index contributed by atoms with van der Waals surface area (Å²) in [7, 11) is 0. The normalized spacial score (nSPS) is 12.7. The molecule has 84 valence electrons. The maximum absolute atomic E-state index is 5.63. The number of thiophene rings is 1. The van der Waals surface area contributed by atoms with Crippen molar-refractivity contribution in [2.24, 2.45) is 5.84 Å². The van der Waals surface area contributed by atoms with Crippen LogP contribution in [0.5, 0.6) is 0 Å². The Kier molecular flexibility index (Phi) is 3.33. The van der Waals surface area contributed by atoms with Crippen LogP contribution in [-0.2, 0) is 0 Å². The minimum absolute atomic E-state index is 0.0559. The smallest absolute Gasteiger partial charge is 0.0803 e. The zero-order valence-electron chi connectivity index (χ0n) is 9.40. The Balaban J connectivity index is 2.41. The minimum Gasteiger partial charge on any atom is -0.271 e. The van der Waals surface area contributed by atoms with Crippen molar-refractivity contribution < 1.29 is 0 Å². The number of aryl methyl sites for hydroxylation is 2. The molecule has 0 saturated carbocycles. The van der Waals surface area contributed by atoms with Gasteiger partial charge in [0.2, 0.25) is 0 Å². The summed E-state index contributed by atoms with van der Waals surface area (Å²) in [5.74, 6) is 5.63. The second-order valence-corrected chi connectivity index (χ2v) is 4.78. The molecule has 0 radical (unpaired) electrons. The van der Waals surface area contributed by atoms with E-state index in [0.717, 1.165) is 17.0 Å². The Labute approximate surface area is 99.3 Å². The first kappa shape index (κ1) is 11.3. The molecule has 0 amide bonds. The van der Waals surface area contributed by atoms with Gasteiger partial charge in [-0.15, -0.1) is 11.3 Å². The molecule has 3 N–H and O–H groups in total. The lowest BCUT2D eigenvalue weighted by Crippen LogP contribution is -2.28. The molecule has 2 heterocycles. The second kappa shape index (κ2) is 4.74. The Morgan fingerprint density at radius 2 is 2.00 bits per heavy atom. The zero-order valence-corrected chi connectivity index (χ0v) is 10.2. The molecule has 0 aromatic carbocycles. The molecule has 1 atom stereocenters. The molecular weight excluding hydrogens is 218 g/mol. The summed E-state index contributed by atoms with van der Waals surface area (Å²) in [5, 5.41) is 2.06. The number of hydrogen-bond donors (Lipinski definition) is 2. The number of pyridine rings is 1. The van der Waals surface area contributed by atoms with Gasteiger partial charge in [-0.05, 0) is 43.0 Å². The average Bonchev–Trinajstić information content (AvgIpc) is 2.70. The average molecular weight is 233 g/mol. The van der Waals surface area contributed by atoms with Crippen LogP contribution in [0.1, 0.15) is 27.9 Å². The summed E-state index contributed by atoms with van der Waals surface area (Å²) < 4.78 is 0. The third kappa shape index (κ3) is 2.29. The minimum atomic E-state index is 0.0559. The summed E-state index contributed by atoms with van der Waals surface area (Å²) in [6.07, 6.45) is 0. The number of rotatable bonds is 3. The van der Waals surface area contributed by atoms with Crippen LogP contribution < -0.4 is 11.3 Å². The summed E-state index contributed by atoms with van der Waals surface area (Å²) in [6, 6.07) is 8.31. The number of hydrogen-bond acceptors (Lipinski definition) is 4. The van der Waals surface area contributed by atoms with Gasteiger partial charge in [0.25, 0.3) is 0 Å². The molecular formula is C12H15N3S. The van der Waals surface area contributed by atoms with Gasteiger partial charge in [-0.3, -0.25) is 10.8 Å². The number of nitrogens with zero attached hydrogens (tertiary/aromatic N) is 1. The molecule has 0 fully saturated rings. The van der Waals surface area contributed by atoms with Crippen LogP contribution in [-0.4, -0.2) is 4.98 Å². The molecule has 2 aromatic heterocycles. The van der Waals surface area contributed by atoms with Crippen molar-refractivity contribution in [1.29, 1.82) is 0 Å². The van der Waals surface area contributed by atoms with Gasteiger partial charge in [-0.1, -0.05) is 6.07 Å². The van der Waals surface area contributed by atoms with E-state index in [1.165, 1.54) is 4.88 Å². The van der Waals surface area contributed by atoms with Gasteiger partial charge in [0, 0.05) is 16.3 Å². The molecule has 16 heavy (non-hydrogen) atoms. The van der Waals surface area contributed by atoms with Gasteiger partial charge in [-0.25, -0.2) is 5.43 Å². The molecule has 2 aromatic rings. The molecule has 0 aliphatic carbocycles. The van der Waals surface area contributed by atoms with Crippen LogP contribution in [0.25, 0.3) is 0 Å². The molecule has 0 spiro atoms. The van der Waals surface area contributed by atoms with Crippen LogP contribution in [0, 0.1) is 13.8 Å². The number of nitrogens with two attached hydrogens (primary N) is 1. The third-order valence-electron chi connectivity index (χ3n) is 2.43. The van der Waals surface area contributed by atoms with Gasteiger partial charge in [-0.2, -0.15) is 0 Å². The van der Waals surface area contributed by atoms with E-state index in [0.29, 0.717) is 0 Å². The first-order chi connectivity index (χ1) is 7.70. The quantitative estimate of drug-likeness (QED) is 0.632. The van der Waals surface area contributed by atoms with Crippen molar-refractivity contribution in [3.63, 3.8) is 0 Å². The van der Waals surface area contributed by atoms with Crippen LogP contribution in [0.3, 0.4) is 0 Å². The monoisotopic (exact) mass is 233 g/mol. The molecule has 0 bridgehead atoms. The summed E-state index contributed by atoms with van der Waals surface area (Å²) >= 11 is 1.70. The standard InChI is InChI=1S/C12H15N3S/c1-8-6-10(7-9(2)14-8)12(15-13)11-4-3-5-16-11/h3-7,12,15H,13H2,1-2H3. The van der Waals surface area contributed by atoms with E-state index >= 15 is 0 Å². The molecule has 2 rings (SSSR count). The van der Waals surface area contributed by atoms with E-state index in [4.69, 9.17) is 5.84 Å². The predicted octanol–water partition coefficient (Wildman–Crippen LogP) is 2.31. The van der Waals surface area contributed by atoms with Gasteiger partial charge >= 0.3 is 0 Å².